The molecule has 0 aliphatic carbocycles. The monoisotopic (exact) mass is 385 g/mol. The van der Waals surface area contributed by atoms with Gasteiger partial charge in [-0.25, -0.2) is 9.18 Å². The van der Waals surface area contributed by atoms with E-state index in [1.807, 2.05) is 20.8 Å². The van der Waals surface area contributed by atoms with Gasteiger partial charge in [-0.2, -0.15) is 10.5 Å². The highest BCUT2D eigenvalue weighted by atomic mass is 19.1. The van der Waals surface area contributed by atoms with Crippen molar-refractivity contribution in [3.8, 4) is 12.1 Å². The summed E-state index contributed by atoms with van der Waals surface area (Å²) in [6.07, 6.45) is 2.26. The van der Waals surface area contributed by atoms with Crippen LogP contribution in [0.5, 0.6) is 0 Å². The fourth-order valence-corrected chi connectivity index (χ4v) is 2.88. The molecule has 1 aromatic carbocycles. The molecule has 0 bridgehead atoms. The van der Waals surface area contributed by atoms with E-state index >= 15 is 0 Å². The summed E-state index contributed by atoms with van der Waals surface area (Å²) in [5.74, 6) is -0.420. The van der Waals surface area contributed by atoms with Crippen LogP contribution in [0.2, 0.25) is 0 Å². The minimum atomic E-state index is -0.543. The predicted molar refractivity (Wildman–Crippen MR) is 104 cm³/mol. The van der Waals surface area contributed by atoms with Crippen LogP contribution in [0.3, 0.4) is 0 Å². The maximum Gasteiger partial charge on any atom is 0.407 e. The van der Waals surface area contributed by atoms with Gasteiger partial charge in [-0.1, -0.05) is 0 Å². The van der Waals surface area contributed by atoms with Gasteiger partial charge in [0.05, 0.1) is 11.4 Å². The van der Waals surface area contributed by atoms with Crippen LogP contribution < -0.4 is 15.5 Å². The zero-order valence-electron chi connectivity index (χ0n) is 16.3. The quantitative estimate of drug-likeness (QED) is 0.767. The number of amides is 1. The van der Waals surface area contributed by atoms with Crippen LogP contribution in [0.15, 0.2) is 30.0 Å². The molecule has 1 fully saturated rings. The van der Waals surface area contributed by atoms with Gasteiger partial charge in [0.2, 0.25) is 0 Å². The molecule has 0 aromatic heterocycles. The smallest absolute Gasteiger partial charge is 0.407 e. The largest absolute Gasteiger partial charge is 0.444 e. The first-order chi connectivity index (χ1) is 13.2. The topological polar surface area (TPSA) is 101 Å². The number of alkyl carbamates (subject to hydrolysis) is 1. The number of benzene rings is 1. The molecule has 0 spiro atoms. The van der Waals surface area contributed by atoms with Gasteiger partial charge in [-0.3, -0.25) is 0 Å². The van der Waals surface area contributed by atoms with Crippen molar-refractivity contribution in [2.45, 2.75) is 45.3 Å². The second-order valence-corrected chi connectivity index (χ2v) is 7.49. The Labute approximate surface area is 164 Å². The third kappa shape index (κ3) is 6.17. The Kier molecular flexibility index (Phi) is 6.84. The van der Waals surface area contributed by atoms with Gasteiger partial charge in [-0.15, -0.1) is 0 Å². The Hall–Kier alpha value is -3.26. The van der Waals surface area contributed by atoms with E-state index in [1.54, 1.807) is 18.2 Å². The molecule has 1 aromatic rings. The molecular weight excluding hydrogens is 361 g/mol. The minimum absolute atomic E-state index is 0.00614. The van der Waals surface area contributed by atoms with E-state index in [4.69, 9.17) is 15.3 Å². The zero-order valence-corrected chi connectivity index (χ0v) is 16.3. The molecule has 2 N–H and O–H groups in total. The number of piperidine rings is 1. The van der Waals surface area contributed by atoms with Crippen molar-refractivity contribution >= 4 is 17.5 Å². The summed E-state index contributed by atoms with van der Waals surface area (Å²) in [6.45, 7) is 6.77. The number of anilines is 2. The average molecular weight is 385 g/mol. The number of ether oxygens (including phenoxy) is 1. The number of hydrogen-bond donors (Lipinski definition) is 2. The Morgan fingerprint density at radius 1 is 1.29 bits per heavy atom. The normalized spacial score (nSPS) is 14.4. The van der Waals surface area contributed by atoms with E-state index < -0.39 is 17.5 Å². The van der Waals surface area contributed by atoms with E-state index in [0.29, 0.717) is 31.6 Å². The third-order valence-electron chi connectivity index (χ3n) is 4.13. The average Bonchev–Trinajstić information content (AvgIpc) is 2.62. The number of carbonyl (C=O) groups is 1. The van der Waals surface area contributed by atoms with Crippen molar-refractivity contribution in [2.24, 2.45) is 0 Å². The highest BCUT2D eigenvalue weighted by Crippen LogP contribution is 2.29. The van der Waals surface area contributed by atoms with Gasteiger partial charge in [-0.05, 0) is 51.8 Å². The van der Waals surface area contributed by atoms with Crippen molar-refractivity contribution in [3.63, 3.8) is 0 Å². The maximum atomic E-state index is 13.7. The molecule has 7 nitrogen and oxygen atoms in total. The second-order valence-electron chi connectivity index (χ2n) is 7.49. The molecular formula is C20H24FN5O2. The lowest BCUT2D eigenvalue weighted by Crippen LogP contribution is -2.46. The van der Waals surface area contributed by atoms with Crippen molar-refractivity contribution < 1.29 is 13.9 Å². The van der Waals surface area contributed by atoms with Crippen LogP contribution in [-0.2, 0) is 4.74 Å². The maximum absolute atomic E-state index is 13.7. The molecule has 1 amide bonds. The standard InChI is InChI=1S/C20H24FN5O2/c1-20(2,3)28-19(27)25-16-6-8-26(9-7-16)18-5-4-15(21)10-17(18)24-13-14(11-22)12-23/h4-5,10,13,16,24H,6-9H2,1-3H3,(H,25,27). The number of carbonyl (C=O) groups excluding carboxylic acids is 1. The van der Waals surface area contributed by atoms with Gasteiger partial charge in [0.25, 0.3) is 0 Å². The number of rotatable bonds is 4. The molecule has 0 saturated carbocycles. The number of nitrogens with one attached hydrogen (secondary N) is 2. The SMILES string of the molecule is CC(C)(C)OC(=O)NC1CCN(c2ccc(F)cc2NC=C(C#N)C#N)CC1. The molecule has 1 heterocycles. The van der Waals surface area contributed by atoms with Crippen LogP contribution in [-0.4, -0.2) is 30.8 Å². The molecule has 28 heavy (non-hydrogen) atoms. The van der Waals surface area contributed by atoms with Gasteiger partial charge in [0.1, 0.15) is 29.1 Å². The summed E-state index contributed by atoms with van der Waals surface area (Å²) >= 11 is 0. The fraction of sp³-hybridized carbons (Fsp3) is 0.450. The first-order valence-corrected chi connectivity index (χ1v) is 9.03. The van der Waals surface area contributed by atoms with E-state index in [1.165, 1.54) is 18.3 Å². The van der Waals surface area contributed by atoms with Crippen LogP contribution in [0.25, 0.3) is 0 Å². The van der Waals surface area contributed by atoms with Gasteiger partial charge >= 0.3 is 6.09 Å². The molecule has 0 radical (unpaired) electrons. The van der Waals surface area contributed by atoms with Crippen LogP contribution >= 0.6 is 0 Å². The van der Waals surface area contributed by atoms with Gasteiger partial charge < -0.3 is 20.3 Å². The van der Waals surface area contributed by atoms with Gasteiger partial charge in [0, 0.05) is 25.3 Å². The Balaban J connectivity index is 2.02. The Morgan fingerprint density at radius 2 is 1.93 bits per heavy atom. The zero-order chi connectivity index (χ0) is 20.7. The molecule has 0 atom stereocenters. The van der Waals surface area contributed by atoms with Crippen molar-refractivity contribution in [1.29, 1.82) is 10.5 Å². The first-order valence-electron chi connectivity index (χ1n) is 9.03. The Bertz CT molecular complexity index is 808. The van der Waals surface area contributed by atoms with Crippen molar-refractivity contribution in [1.82, 2.24) is 5.32 Å². The molecule has 148 valence electrons. The predicted octanol–water partition coefficient (Wildman–Crippen LogP) is 3.66. The number of hydrogen-bond acceptors (Lipinski definition) is 6. The first kappa shape index (κ1) is 21.0. The van der Waals surface area contributed by atoms with Crippen molar-refractivity contribution in [3.05, 3.63) is 35.8 Å². The van der Waals surface area contributed by atoms with Crippen molar-refractivity contribution in [2.75, 3.05) is 23.3 Å². The molecule has 1 aliphatic rings. The molecule has 2 rings (SSSR count). The fourth-order valence-electron chi connectivity index (χ4n) is 2.88. The summed E-state index contributed by atoms with van der Waals surface area (Å²) in [4.78, 5) is 14.0. The van der Waals surface area contributed by atoms with Crippen LogP contribution in [0.1, 0.15) is 33.6 Å². The highest BCUT2D eigenvalue weighted by Gasteiger charge is 2.24. The molecule has 1 saturated heterocycles. The lowest BCUT2D eigenvalue weighted by molar-refractivity contribution is 0.0497. The van der Waals surface area contributed by atoms with E-state index in [2.05, 4.69) is 15.5 Å². The molecule has 0 unspecified atom stereocenters. The van der Waals surface area contributed by atoms with E-state index in [9.17, 15) is 9.18 Å². The number of nitrogens with zero attached hydrogens (tertiary/aromatic N) is 3. The molecule has 1 aliphatic heterocycles. The lowest BCUT2D eigenvalue weighted by Gasteiger charge is -2.35. The summed E-state index contributed by atoms with van der Waals surface area (Å²) in [6, 6.07) is 7.86. The number of halogens is 1. The van der Waals surface area contributed by atoms with Crippen LogP contribution in [0, 0.1) is 28.5 Å². The summed E-state index contributed by atoms with van der Waals surface area (Å²) < 4.78 is 19.0. The van der Waals surface area contributed by atoms with E-state index in [-0.39, 0.29) is 11.6 Å². The van der Waals surface area contributed by atoms with Crippen LogP contribution in [0.4, 0.5) is 20.6 Å². The summed E-state index contributed by atoms with van der Waals surface area (Å²) in [5, 5.41) is 23.4. The minimum Gasteiger partial charge on any atom is -0.444 e. The highest BCUT2D eigenvalue weighted by molar-refractivity contribution is 5.72. The summed E-state index contributed by atoms with van der Waals surface area (Å²) in [5.41, 5.74) is 0.597. The molecule has 8 heteroatoms. The lowest BCUT2D eigenvalue weighted by atomic mass is 10.0. The number of allylic oxidation sites excluding steroid dienone is 1. The third-order valence-corrected chi connectivity index (χ3v) is 4.13. The van der Waals surface area contributed by atoms with E-state index in [0.717, 1.165) is 5.69 Å². The Morgan fingerprint density at radius 3 is 2.50 bits per heavy atom. The number of nitriles is 2. The van der Waals surface area contributed by atoms with Gasteiger partial charge in [0.15, 0.2) is 0 Å². The summed E-state index contributed by atoms with van der Waals surface area (Å²) in [7, 11) is 0. The second kappa shape index (κ2) is 9.09.